The third-order valence-electron chi connectivity index (χ3n) is 7.27. The van der Waals surface area contributed by atoms with E-state index in [1.807, 2.05) is 18.2 Å². The Labute approximate surface area is 267 Å². The zero-order chi connectivity index (χ0) is 31.6. The van der Waals surface area contributed by atoms with Crippen molar-refractivity contribution >= 4 is 33.4 Å². The number of hydrogen-bond donors (Lipinski definition) is 1. The van der Waals surface area contributed by atoms with Crippen LogP contribution in [0.1, 0.15) is 22.7 Å². The average Bonchev–Trinajstić information content (AvgIpc) is 3.08. The molecule has 0 radical (unpaired) electrons. The number of halogens is 1. The summed E-state index contributed by atoms with van der Waals surface area (Å²) in [4.78, 5) is 33.3. The maximum absolute atomic E-state index is 13.9. The molecule has 1 saturated heterocycles. The fraction of sp³-hybridized carbons (Fsp3) is 0.242. The average molecular weight is 649 g/mol. The number of nitrogens with one attached hydrogen (secondary N) is 1. The number of carbonyl (C=O) groups is 2. The molecular weight excluding hydrogens is 616 g/mol. The van der Waals surface area contributed by atoms with Crippen molar-refractivity contribution in [3.63, 3.8) is 0 Å². The van der Waals surface area contributed by atoms with Crippen LogP contribution in [-0.4, -0.2) is 67.3 Å². The Morgan fingerprint density at radius 3 is 2.24 bits per heavy atom. The number of benzene rings is 3. The van der Waals surface area contributed by atoms with Crippen LogP contribution >= 0.6 is 11.6 Å². The van der Waals surface area contributed by atoms with Gasteiger partial charge in [0.2, 0.25) is 15.9 Å². The van der Waals surface area contributed by atoms with Gasteiger partial charge in [0.1, 0.15) is 11.8 Å². The second-order valence-corrected chi connectivity index (χ2v) is 12.7. The number of rotatable bonds is 12. The number of nitrogens with zero attached hydrogens (tertiary/aromatic N) is 3. The molecule has 2 heterocycles. The Kier molecular flexibility index (Phi) is 10.8. The Morgan fingerprint density at radius 1 is 0.911 bits per heavy atom. The van der Waals surface area contributed by atoms with E-state index in [4.69, 9.17) is 21.1 Å². The first-order valence-corrected chi connectivity index (χ1v) is 16.2. The van der Waals surface area contributed by atoms with E-state index in [0.29, 0.717) is 29.5 Å². The lowest BCUT2D eigenvalue weighted by Crippen LogP contribution is -2.45. The van der Waals surface area contributed by atoms with Gasteiger partial charge in [0.05, 0.1) is 18.1 Å². The van der Waals surface area contributed by atoms with Crippen LogP contribution in [0.15, 0.2) is 108 Å². The number of sulfonamides is 1. The summed E-state index contributed by atoms with van der Waals surface area (Å²) in [5, 5.41) is 3.51. The Hall–Kier alpha value is -4.29. The molecule has 2 amide bonds. The number of amides is 2. The van der Waals surface area contributed by atoms with E-state index in [1.165, 1.54) is 33.5 Å². The number of hydrogen-bond acceptors (Lipinski definition) is 7. The maximum atomic E-state index is 13.9. The van der Waals surface area contributed by atoms with E-state index in [1.54, 1.807) is 60.9 Å². The summed E-state index contributed by atoms with van der Waals surface area (Å²) in [5.41, 5.74) is 2.26. The van der Waals surface area contributed by atoms with Crippen molar-refractivity contribution in [1.82, 2.24) is 19.5 Å². The molecule has 0 unspecified atom stereocenters. The normalized spacial score (nSPS) is 14.3. The first-order chi connectivity index (χ1) is 21.8. The summed E-state index contributed by atoms with van der Waals surface area (Å²) < 4.78 is 38.5. The van der Waals surface area contributed by atoms with Crippen molar-refractivity contribution in [2.24, 2.45) is 0 Å². The summed E-state index contributed by atoms with van der Waals surface area (Å²) in [5.74, 6) is -0.491. The molecule has 12 heteroatoms. The predicted molar refractivity (Wildman–Crippen MR) is 169 cm³/mol. The second kappa shape index (κ2) is 15.1. The lowest BCUT2D eigenvalue weighted by atomic mass is 10.0. The van der Waals surface area contributed by atoms with Gasteiger partial charge in [0.25, 0.3) is 5.91 Å². The summed E-state index contributed by atoms with van der Waals surface area (Å²) in [6.07, 6.45) is 3.29. The monoisotopic (exact) mass is 648 g/mol. The first kappa shape index (κ1) is 32.1. The van der Waals surface area contributed by atoms with Crippen LogP contribution in [0.4, 0.5) is 0 Å². The van der Waals surface area contributed by atoms with E-state index in [0.717, 1.165) is 11.1 Å². The van der Waals surface area contributed by atoms with Crippen molar-refractivity contribution < 1.29 is 27.5 Å². The van der Waals surface area contributed by atoms with E-state index < -0.39 is 22.0 Å². The fourth-order valence-corrected chi connectivity index (χ4v) is 6.41. The molecule has 1 fully saturated rings. The molecule has 0 aliphatic carbocycles. The molecule has 0 saturated carbocycles. The van der Waals surface area contributed by atoms with E-state index in [-0.39, 0.29) is 43.6 Å². The third-order valence-corrected chi connectivity index (χ3v) is 9.44. The molecule has 5 rings (SSSR count). The van der Waals surface area contributed by atoms with Crippen molar-refractivity contribution in [3.05, 3.63) is 125 Å². The molecule has 234 valence electrons. The standard InChI is InChI=1S/C33H33ClN4O6S/c34-28-8-6-26(7-9-28)23-38(32(27-4-2-1-3-5-27)33(40)36-22-25-14-16-35-17-15-25)31(39)24-44-29-10-12-30(13-11-29)45(41,42)37-18-20-43-21-19-37/h1-17,32H,18-24H2,(H,36,40)/t32-/m1/s1. The molecule has 1 N–H and O–H groups in total. The van der Waals surface area contributed by atoms with Gasteiger partial charge < -0.3 is 19.7 Å². The number of carbonyl (C=O) groups excluding carboxylic acids is 2. The van der Waals surface area contributed by atoms with Gasteiger partial charge in [-0.05, 0) is 65.2 Å². The molecule has 10 nitrogen and oxygen atoms in total. The molecule has 1 aromatic heterocycles. The minimum Gasteiger partial charge on any atom is -0.484 e. The lowest BCUT2D eigenvalue weighted by Gasteiger charge is -2.31. The Balaban J connectivity index is 1.36. The highest BCUT2D eigenvalue weighted by atomic mass is 35.5. The van der Waals surface area contributed by atoms with E-state index in [9.17, 15) is 18.0 Å². The van der Waals surface area contributed by atoms with Gasteiger partial charge in [-0.1, -0.05) is 54.1 Å². The van der Waals surface area contributed by atoms with Crippen LogP contribution < -0.4 is 10.1 Å². The summed E-state index contributed by atoms with van der Waals surface area (Å²) in [6.45, 7) is 1.25. The predicted octanol–water partition coefficient (Wildman–Crippen LogP) is 4.22. The zero-order valence-electron chi connectivity index (χ0n) is 24.4. The number of morpholine rings is 1. The molecule has 1 aliphatic rings. The number of pyridine rings is 1. The van der Waals surface area contributed by atoms with Crippen molar-refractivity contribution in [3.8, 4) is 5.75 Å². The second-order valence-electron chi connectivity index (χ2n) is 10.3. The third kappa shape index (κ3) is 8.46. The molecule has 1 aliphatic heterocycles. The zero-order valence-corrected chi connectivity index (χ0v) is 26.0. The highest BCUT2D eigenvalue weighted by Crippen LogP contribution is 2.26. The maximum Gasteiger partial charge on any atom is 0.261 e. The van der Waals surface area contributed by atoms with Gasteiger partial charge in [-0.3, -0.25) is 14.6 Å². The van der Waals surface area contributed by atoms with Gasteiger partial charge in [-0.25, -0.2) is 8.42 Å². The van der Waals surface area contributed by atoms with E-state index >= 15 is 0 Å². The van der Waals surface area contributed by atoms with Crippen molar-refractivity contribution in [2.75, 3.05) is 32.9 Å². The van der Waals surface area contributed by atoms with Gasteiger partial charge in [0.15, 0.2) is 6.61 Å². The fourth-order valence-electron chi connectivity index (χ4n) is 4.88. The van der Waals surface area contributed by atoms with Crippen LogP contribution in [0.2, 0.25) is 5.02 Å². The van der Waals surface area contributed by atoms with Crippen molar-refractivity contribution in [2.45, 2.75) is 24.0 Å². The van der Waals surface area contributed by atoms with Crippen molar-refractivity contribution in [1.29, 1.82) is 0 Å². The molecule has 45 heavy (non-hydrogen) atoms. The molecule has 1 atom stereocenters. The highest BCUT2D eigenvalue weighted by Gasteiger charge is 2.32. The van der Waals surface area contributed by atoms with Crippen LogP contribution in [0, 0.1) is 0 Å². The van der Waals surface area contributed by atoms with Crippen LogP contribution in [0.3, 0.4) is 0 Å². The molecule has 3 aromatic carbocycles. The molecular formula is C33H33ClN4O6S. The SMILES string of the molecule is O=C(NCc1ccncc1)[C@@H](c1ccccc1)N(Cc1ccc(Cl)cc1)C(=O)COc1ccc(S(=O)(=O)N2CCOCC2)cc1. The van der Waals surface area contributed by atoms with Crippen LogP contribution in [0.5, 0.6) is 5.75 Å². The Bertz CT molecular complexity index is 1670. The molecule has 4 aromatic rings. The van der Waals surface area contributed by atoms with Crippen LogP contribution in [0.25, 0.3) is 0 Å². The minimum absolute atomic E-state index is 0.109. The van der Waals surface area contributed by atoms with Gasteiger partial charge in [-0.2, -0.15) is 4.31 Å². The topological polar surface area (TPSA) is 118 Å². The number of ether oxygens (including phenoxy) is 2. The van der Waals surface area contributed by atoms with Gasteiger partial charge in [0, 0.05) is 43.6 Å². The smallest absolute Gasteiger partial charge is 0.261 e. The summed E-state index contributed by atoms with van der Waals surface area (Å²) in [7, 11) is -3.67. The quantitative estimate of drug-likeness (QED) is 0.244. The molecule has 0 bridgehead atoms. The summed E-state index contributed by atoms with van der Waals surface area (Å²) in [6, 6.07) is 24.7. The largest absolute Gasteiger partial charge is 0.484 e. The highest BCUT2D eigenvalue weighted by molar-refractivity contribution is 7.89. The molecule has 0 spiro atoms. The number of aromatic nitrogens is 1. The van der Waals surface area contributed by atoms with E-state index in [2.05, 4.69) is 10.3 Å². The van der Waals surface area contributed by atoms with Crippen LogP contribution in [-0.2, 0) is 37.4 Å². The van der Waals surface area contributed by atoms with Gasteiger partial charge >= 0.3 is 0 Å². The lowest BCUT2D eigenvalue weighted by molar-refractivity contribution is -0.143. The first-order valence-electron chi connectivity index (χ1n) is 14.4. The Morgan fingerprint density at radius 2 is 1.58 bits per heavy atom. The summed E-state index contributed by atoms with van der Waals surface area (Å²) >= 11 is 6.11. The minimum atomic E-state index is -3.67. The van der Waals surface area contributed by atoms with Gasteiger partial charge in [-0.15, -0.1) is 0 Å².